The van der Waals surface area contributed by atoms with Gasteiger partial charge in [-0.05, 0) is 37.6 Å². The van der Waals surface area contributed by atoms with Crippen LogP contribution in [0.4, 0.5) is 5.95 Å². The highest BCUT2D eigenvalue weighted by atomic mass is 35.5. The molecule has 0 spiro atoms. The summed E-state index contributed by atoms with van der Waals surface area (Å²) >= 11 is 6.05. The molecule has 0 radical (unpaired) electrons. The van der Waals surface area contributed by atoms with Crippen molar-refractivity contribution < 1.29 is 0 Å². The smallest absolute Gasteiger partial charge is 0.241 e. The zero-order valence-electron chi connectivity index (χ0n) is 11.9. The summed E-state index contributed by atoms with van der Waals surface area (Å²) in [5.41, 5.74) is 1.82. The Labute approximate surface area is 127 Å². The van der Waals surface area contributed by atoms with Crippen molar-refractivity contribution in [3.05, 3.63) is 35.9 Å². The van der Waals surface area contributed by atoms with Gasteiger partial charge in [0.2, 0.25) is 17.2 Å². The number of imidazole rings is 1. The maximum Gasteiger partial charge on any atom is 0.241 e. The van der Waals surface area contributed by atoms with E-state index >= 15 is 0 Å². The second-order valence-corrected chi connectivity index (χ2v) is 4.82. The molecule has 2 heterocycles. The molecule has 0 N–H and O–H groups in total. The Morgan fingerprint density at radius 2 is 1.86 bits per heavy atom. The fourth-order valence-corrected chi connectivity index (χ4v) is 2.35. The third kappa shape index (κ3) is 2.54. The summed E-state index contributed by atoms with van der Waals surface area (Å²) in [6.07, 6.45) is 1.70. The lowest BCUT2D eigenvalue weighted by Gasteiger charge is -2.18. The van der Waals surface area contributed by atoms with Crippen molar-refractivity contribution in [3.8, 4) is 5.95 Å². The zero-order chi connectivity index (χ0) is 14.8. The van der Waals surface area contributed by atoms with Crippen molar-refractivity contribution in [1.82, 2.24) is 24.5 Å². The molecule has 2 aromatic heterocycles. The monoisotopic (exact) mass is 302 g/mol. The number of rotatable bonds is 4. The van der Waals surface area contributed by atoms with E-state index < -0.39 is 0 Å². The molecule has 0 amide bonds. The first-order chi connectivity index (χ1) is 10.2. The van der Waals surface area contributed by atoms with Crippen molar-refractivity contribution in [2.45, 2.75) is 13.8 Å². The molecule has 0 atom stereocenters. The molecule has 7 heteroatoms. The highest BCUT2D eigenvalue weighted by molar-refractivity contribution is 6.28. The van der Waals surface area contributed by atoms with Gasteiger partial charge in [-0.25, -0.2) is 4.98 Å². The third-order valence-corrected chi connectivity index (χ3v) is 3.47. The summed E-state index contributed by atoms with van der Waals surface area (Å²) in [6.45, 7) is 5.71. The van der Waals surface area contributed by atoms with Gasteiger partial charge in [0.25, 0.3) is 0 Å². The Morgan fingerprint density at radius 1 is 1.10 bits per heavy atom. The fourth-order valence-electron chi connectivity index (χ4n) is 2.20. The maximum atomic E-state index is 6.05. The Balaban J connectivity index is 2.14. The molecule has 6 nitrogen and oxygen atoms in total. The first kappa shape index (κ1) is 13.8. The van der Waals surface area contributed by atoms with Gasteiger partial charge in [0.1, 0.15) is 6.33 Å². The molecule has 0 saturated carbocycles. The number of hydrogen-bond donors (Lipinski definition) is 0. The molecule has 0 aliphatic carbocycles. The van der Waals surface area contributed by atoms with Crippen LogP contribution < -0.4 is 4.90 Å². The summed E-state index contributed by atoms with van der Waals surface area (Å²) in [5, 5.41) is 0.180. The summed E-state index contributed by atoms with van der Waals surface area (Å²) in [4.78, 5) is 19.3. The van der Waals surface area contributed by atoms with Crippen LogP contribution in [0, 0.1) is 0 Å². The number of nitrogens with zero attached hydrogens (tertiary/aromatic N) is 6. The third-order valence-electron chi connectivity index (χ3n) is 3.30. The first-order valence-corrected chi connectivity index (χ1v) is 7.19. The number of halogens is 1. The molecule has 0 bridgehead atoms. The van der Waals surface area contributed by atoms with Crippen LogP contribution in [0.25, 0.3) is 17.0 Å². The number of fused-ring (bicyclic) bond motifs is 1. The molecule has 0 aliphatic rings. The van der Waals surface area contributed by atoms with Crippen LogP contribution in [0.5, 0.6) is 0 Å². The van der Waals surface area contributed by atoms with E-state index in [4.69, 9.17) is 11.6 Å². The molecule has 0 aliphatic heterocycles. The average Bonchev–Trinajstić information content (AvgIpc) is 2.92. The van der Waals surface area contributed by atoms with Gasteiger partial charge < -0.3 is 4.90 Å². The van der Waals surface area contributed by atoms with Gasteiger partial charge >= 0.3 is 0 Å². The molecular weight excluding hydrogens is 288 g/mol. The number of aromatic nitrogens is 5. The van der Waals surface area contributed by atoms with Crippen molar-refractivity contribution in [2.24, 2.45) is 0 Å². The molecule has 0 fully saturated rings. The van der Waals surface area contributed by atoms with Crippen LogP contribution in [0.15, 0.2) is 30.6 Å². The average molecular weight is 303 g/mol. The fraction of sp³-hybridized carbons (Fsp3) is 0.286. The lowest BCUT2D eigenvalue weighted by atomic mass is 10.3. The Bertz CT molecular complexity index is 765. The normalized spacial score (nSPS) is 11.0. The van der Waals surface area contributed by atoms with Crippen LogP contribution >= 0.6 is 11.6 Å². The van der Waals surface area contributed by atoms with Crippen LogP contribution in [0.3, 0.4) is 0 Å². The number of benzene rings is 1. The standard InChI is InChI=1S/C14H15ClN6/c1-3-20(4-2)13-17-12(15)18-14(19-13)21-9-16-10-7-5-6-8-11(10)21/h5-9H,3-4H2,1-2H3. The quantitative estimate of drug-likeness (QED) is 0.741. The summed E-state index contributed by atoms with van der Waals surface area (Å²) in [5.74, 6) is 1.05. The van der Waals surface area contributed by atoms with E-state index in [9.17, 15) is 0 Å². The van der Waals surface area contributed by atoms with Gasteiger partial charge in [-0.15, -0.1) is 0 Å². The maximum absolute atomic E-state index is 6.05. The summed E-state index contributed by atoms with van der Waals surface area (Å²) in [7, 11) is 0. The van der Waals surface area contributed by atoms with E-state index in [1.54, 1.807) is 6.33 Å². The lowest BCUT2D eigenvalue weighted by Crippen LogP contribution is -2.25. The highest BCUT2D eigenvalue weighted by Gasteiger charge is 2.13. The van der Waals surface area contributed by atoms with Crippen molar-refractivity contribution in [3.63, 3.8) is 0 Å². The second kappa shape index (κ2) is 5.65. The molecular formula is C14H15ClN6. The first-order valence-electron chi connectivity index (χ1n) is 6.82. The van der Waals surface area contributed by atoms with Gasteiger partial charge in [-0.1, -0.05) is 12.1 Å². The van der Waals surface area contributed by atoms with E-state index in [2.05, 4.69) is 19.9 Å². The highest BCUT2D eigenvalue weighted by Crippen LogP contribution is 2.18. The van der Waals surface area contributed by atoms with Gasteiger partial charge in [0.05, 0.1) is 11.0 Å². The minimum atomic E-state index is 0.180. The Hall–Kier alpha value is -2.21. The molecule has 21 heavy (non-hydrogen) atoms. The molecule has 108 valence electrons. The van der Waals surface area contributed by atoms with E-state index in [1.165, 1.54) is 0 Å². The van der Waals surface area contributed by atoms with Crippen molar-refractivity contribution >= 4 is 28.6 Å². The molecule has 3 aromatic rings. The minimum Gasteiger partial charge on any atom is -0.341 e. The van der Waals surface area contributed by atoms with E-state index in [1.807, 2.05) is 47.6 Å². The van der Waals surface area contributed by atoms with E-state index in [0.29, 0.717) is 11.9 Å². The predicted molar refractivity (Wildman–Crippen MR) is 83.0 cm³/mol. The number of anilines is 1. The van der Waals surface area contributed by atoms with Gasteiger partial charge in [0.15, 0.2) is 0 Å². The number of hydrogen-bond acceptors (Lipinski definition) is 5. The number of para-hydroxylation sites is 2. The molecule has 1 aromatic carbocycles. The van der Waals surface area contributed by atoms with Crippen molar-refractivity contribution in [2.75, 3.05) is 18.0 Å². The Kier molecular flexibility index (Phi) is 3.70. The topological polar surface area (TPSA) is 59.7 Å². The van der Waals surface area contributed by atoms with Crippen molar-refractivity contribution in [1.29, 1.82) is 0 Å². The van der Waals surface area contributed by atoms with E-state index in [0.717, 1.165) is 24.1 Å². The van der Waals surface area contributed by atoms with Gasteiger partial charge in [0, 0.05) is 13.1 Å². The minimum absolute atomic E-state index is 0.180. The summed E-state index contributed by atoms with van der Waals surface area (Å²) < 4.78 is 1.82. The molecule has 0 saturated heterocycles. The zero-order valence-corrected chi connectivity index (χ0v) is 12.6. The largest absolute Gasteiger partial charge is 0.341 e. The SMILES string of the molecule is CCN(CC)c1nc(Cl)nc(-n2cnc3ccccc32)n1. The van der Waals surface area contributed by atoms with Crippen LogP contribution in [-0.2, 0) is 0 Å². The van der Waals surface area contributed by atoms with Crippen LogP contribution in [-0.4, -0.2) is 37.6 Å². The van der Waals surface area contributed by atoms with E-state index in [-0.39, 0.29) is 5.28 Å². The summed E-state index contributed by atoms with van der Waals surface area (Å²) in [6, 6.07) is 7.81. The lowest BCUT2D eigenvalue weighted by molar-refractivity contribution is 0.796. The predicted octanol–water partition coefficient (Wildman–Crippen LogP) is 2.71. The second-order valence-electron chi connectivity index (χ2n) is 4.48. The molecule has 0 unspecified atom stereocenters. The van der Waals surface area contributed by atoms with Crippen LogP contribution in [0.1, 0.15) is 13.8 Å². The van der Waals surface area contributed by atoms with Crippen LogP contribution in [0.2, 0.25) is 5.28 Å². The molecule has 3 rings (SSSR count). The van der Waals surface area contributed by atoms with Gasteiger partial charge in [-0.2, -0.15) is 15.0 Å². The Morgan fingerprint density at radius 3 is 2.62 bits per heavy atom. The van der Waals surface area contributed by atoms with Gasteiger partial charge in [-0.3, -0.25) is 4.57 Å².